The Morgan fingerprint density at radius 1 is 0.222 bits per heavy atom. The van der Waals surface area contributed by atoms with Gasteiger partial charge < -0.3 is 4.57 Å². The van der Waals surface area contributed by atoms with Crippen LogP contribution in [-0.4, -0.2) is 4.57 Å². The van der Waals surface area contributed by atoms with E-state index in [-0.39, 0.29) is 0 Å². The number of para-hydroxylation sites is 1. The van der Waals surface area contributed by atoms with E-state index in [4.69, 9.17) is 0 Å². The van der Waals surface area contributed by atoms with Crippen molar-refractivity contribution in [3.05, 3.63) is 224 Å². The second kappa shape index (κ2) is 13.1. The van der Waals surface area contributed by atoms with E-state index in [1.807, 2.05) is 0 Å². The van der Waals surface area contributed by atoms with Gasteiger partial charge in [-0.1, -0.05) is 188 Å². The standard InChI is InChI=1S/C62H37N/c1-2-17-43(18-3-1)63-56-34-32-47-44-19-7-6-15-39(44)28-30-53(47)61(56)62-57(63)35-33-52-45-20-8-9-21-46(45)55-37-42(29-31-54(55)60(52)62)59-50-24-12-10-22-48(50)58(49-23-11-13-25-51(49)59)41-27-26-38-14-4-5-16-40(38)36-41/h1-37H. The molecule has 1 nitrogen and oxygen atoms in total. The van der Waals surface area contributed by atoms with Gasteiger partial charge in [0, 0.05) is 21.8 Å². The van der Waals surface area contributed by atoms with Gasteiger partial charge in [-0.3, -0.25) is 0 Å². The lowest BCUT2D eigenvalue weighted by molar-refractivity contribution is 1.18. The molecular formula is C62H37N. The number of hydrogen-bond acceptors (Lipinski definition) is 0. The Balaban J connectivity index is 1.12. The van der Waals surface area contributed by atoms with Crippen molar-refractivity contribution in [2.75, 3.05) is 0 Å². The summed E-state index contributed by atoms with van der Waals surface area (Å²) in [5.74, 6) is 0. The van der Waals surface area contributed by atoms with Crippen molar-refractivity contribution in [2.24, 2.45) is 0 Å². The zero-order chi connectivity index (χ0) is 41.2. The first-order chi connectivity index (χ1) is 31.3. The van der Waals surface area contributed by atoms with E-state index in [0.717, 1.165) is 5.69 Å². The molecule has 1 aromatic heterocycles. The average Bonchev–Trinajstić information content (AvgIpc) is 3.70. The van der Waals surface area contributed by atoms with Crippen molar-refractivity contribution in [3.8, 4) is 27.9 Å². The van der Waals surface area contributed by atoms with Crippen molar-refractivity contribution in [3.63, 3.8) is 0 Å². The normalized spacial score (nSPS) is 12.1. The van der Waals surface area contributed by atoms with Crippen LogP contribution in [0.4, 0.5) is 0 Å². The molecule has 14 aromatic rings. The largest absolute Gasteiger partial charge is 0.309 e. The molecule has 0 spiro atoms. The molecule has 0 amide bonds. The minimum atomic E-state index is 1.16. The van der Waals surface area contributed by atoms with Crippen LogP contribution < -0.4 is 0 Å². The highest BCUT2D eigenvalue weighted by atomic mass is 15.0. The molecule has 290 valence electrons. The van der Waals surface area contributed by atoms with E-state index >= 15 is 0 Å². The number of fused-ring (bicyclic) bond motifs is 17. The summed E-state index contributed by atoms with van der Waals surface area (Å²) in [6.07, 6.45) is 0. The molecule has 0 atom stereocenters. The number of nitrogens with zero attached hydrogens (tertiary/aromatic N) is 1. The number of aromatic nitrogens is 1. The molecule has 1 heteroatoms. The molecule has 0 aliphatic rings. The molecule has 13 aromatic carbocycles. The molecular weight excluding hydrogens is 759 g/mol. The minimum Gasteiger partial charge on any atom is -0.309 e. The lowest BCUT2D eigenvalue weighted by Gasteiger charge is -2.19. The first-order valence-corrected chi connectivity index (χ1v) is 21.9. The van der Waals surface area contributed by atoms with Crippen molar-refractivity contribution in [1.29, 1.82) is 0 Å². The van der Waals surface area contributed by atoms with Gasteiger partial charge in [-0.15, -0.1) is 0 Å². The Kier molecular flexibility index (Phi) is 7.17. The molecule has 14 rings (SSSR count). The molecule has 0 bridgehead atoms. The Labute approximate surface area is 363 Å². The summed E-state index contributed by atoms with van der Waals surface area (Å²) in [4.78, 5) is 0. The molecule has 0 saturated carbocycles. The summed E-state index contributed by atoms with van der Waals surface area (Å²) in [5.41, 5.74) is 8.61. The second-order valence-electron chi connectivity index (χ2n) is 17.1. The van der Waals surface area contributed by atoms with Gasteiger partial charge in [0.25, 0.3) is 0 Å². The van der Waals surface area contributed by atoms with Gasteiger partial charge in [-0.25, -0.2) is 0 Å². The van der Waals surface area contributed by atoms with Gasteiger partial charge in [0.05, 0.1) is 11.0 Å². The number of rotatable bonds is 3. The lowest BCUT2D eigenvalue weighted by Crippen LogP contribution is -1.93. The second-order valence-corrected chi connectivity index (χ2v) is 17.1. The van der Waals surface area contributed by atoms with Gasteiger partial charge in [0.2, 0.25) is 0 Å². The number of hydrogen-bond donors (Lipinski definition) is 0. The molecule has 1 heterocycles. The maximum Gasteiger partial charge on any atom is 0.0548 e. The molecule has 63 heavy (non-hydrogen) atoms. The van der Waals surface area contributed by atoms with Crippen molar-refractivity contribution < 1.29 is 0 Å². The maximum absolute atomic E-state index is 2.49. The van der Waals surface area contributed by atoms with E-state index in [1.165, 1.54) is 130 Å². The molecule has 0 radical (unpaired) electrons. The topological polar surface area (TPSA) is 4.93 Å². The third kappa shape index (κ3) is 4.88. The van der Waals surface area contributed by atoms with Crippen LogP contribution in [0.5, 0.6) is 0 Å². The van der Waals surface area contributed by atoms with E-state index < -0.39 is 0 Å². The molecule has 0 saturated heterocycles. The predicted octanol–water partition coefficient (Wildman–Crippen LogP) is 17.3. The molecule has 0 unspecified atom stereocenters. The smallest absolute Gasteiger partial charge is 0.0548 e. The zero-order valence-electron chi connectivity index (χ0n) is 34.3. The first kappa shape index (κ1) is 34.5. The monoisotopic (exact) mass is 795 g/mol. The Bertz CT molecular complexity index is 4190. The fourth-order valence-electron chi connectivity index (χ4n) is 11.2. The average molecular weight is 796 g/mol. The van der Waals surface area contributed by atoms with Crippen LogP contribution in [0.2, 0.25) is 0 Å². The molecule has 0 N–H and O–H groups in total. The van der Waals surface area contributed by atoms with Gasteiger partial charge in [-0.05, 0) is 139 Å². The minimum absolute atomic E-state index is 1.16. The summed E-state index contributed by atoms with van der Waals surface area (Å²) in [7, 11) is 0. The number of benzene rings is 13. The van der Waals surface area contributed by atoms with Crippen LogP contribution >= 0.6 is 0 Å². The summed E-state index contributed by atoms with van der Waals surface area (Å²) >= 11 is 0. The zero-order valence-corrected chi connectivity index (χ0v) is 34.3. The van der Waals surface area contributed by atoms with Gasteiger partial charge in [-0.2, -0.15) is 0 Å². The highest BCUT2D eigenvalue weighted by molar-refractivity contribution is 6.39. The highest BCUT2D eigenvalue weighted by Gasteiger charge is 2.22. The van der Waals surface area contributed by atoms with E-state index in [2.05, 4.69) is 229 Å². The third-order valence-electron chi connectivity index (χ3n) is 13.9. The Hall–Kier alpha value is -8.26. The van der Waals surface area contributed by atoms with E-state index in [9.17, 15) is 0 Å². The Morgan fingerprint density at radius 3 is 1.35 bits per heavy atom. The first-order valence-electron chi connectivity index (χ1n) is 21.9. The van der Waals surface area contributed by atoms with Crippen molar-refractivity contribution in [1.82, 2.24) is 4.57 Å². The van der Waals surface area contributed by atoms with E-state index in [0.29, 0.717) is 0 Å². The van der Waals surface area contributed by atoms with Crippen LogP contribution in [0.15, 0.2) is 224 Å². The fourth-order valence-corrected chi connectivity index (χ4v) is 11.2. The van der Waals surface area contributed by atoms with Crippen LogP contribution in [0.3, 0.4) is 0 Å². The Morgan fingerprint density at radius 2 is 0.651 bits per heavy atom. The van der Waals surface area contributed by atoms with Crippen LogP contribution in [0, 0.1) is 0 Å². The molecule has 0 aliphatic carbocycles. The highest BCUT2D eigenvalue weighted by Crippen LogP contribution is 2.49. The third-order valence-corrected chi connectivity index (χ3v) is 13.9. The molecule has 0 fully saturated rings. The molecule has 0 aliphatic heterocycles. The summed E-state index contributed by atoms with van der Waals surface area (Å²) in [5, 5.41) is 22.9. The van der Waals surface area contributed by atoms with Crippen molar-refractivity contribution in [2.45, 2.75) is 0 Å². The van der Waals surface area contributed by atoms with Crippen LogP contribution in [0.25, 0.3) is 136 Å². The SMILES string of the molecule is c1ccc(-n2c3ccc4c5ccccc5ccc4c3c3c4c(ccc32)c2ccccc2c2cc(-c3c5ccccc5c(-c5ccc6ccccc6c5)c5ccccc35)ccc24)cc1. The maximum atomic E-state index is 2.49. The van der Waals surface area contributed by atoms with Crippen molar-refractivity contribution >= 4 is 108 Å². The summed E-state index contributed by atoms with van der Waals surface area (Å²) < 4.78 is 2.48. The quantitative estimate of drug-likeness (QED) is 0.124. The summed E-state index contributed by atoms with van der Waals surface area (Å²) in [6, 6.07) is 83.7. The van der Waals surface area contributed by atoms with Crippen LogP contribution in [-0.2, 0) is 0 Å². The van der Waals surface area contributed by atoms with Gasteiger partial charge in [0.15, 0.2) is 0 Å². The fraction of sp³-hybridized carbons (Fsp3) is 0. The van der Waals surface area contributed by atoms with Crippen LogP contribution in [0.1, 0.15) is 0 Å². The predicted molar refractivity (Wildman–Crippen MR) is 272 cm³/mol. The lowest BCUT2D eigenvalue weighted by atomic mass is 9.84. The summed E-state index contributed by atoms with van der Waals surface area (Å²) in [6.45, 7) is 0. The van der Waals surface area contributed by atoms with Gasteiger partial charge >= 0.3 is 0 Å². The van der Waals surface area contributed by atoms with Gasteiger partial charge in [0.1, 0.15) is 0 Å². The van der Waals surface area contributed by atoms with E-state index in [1.54, 1.807) is 0 Å².